The first kappa shape index (κ1) is 10.8. The van der Waals surface area contributed by atoms with Gasteiger partial charge in [-0.05, 0) is 34.1 Å². The van der Waals surface area contributed by atoms with Crippen molar-refractivity contribution in [3.63, 3.8) is 0 Å². The third-order valence-corrected chi connectivity index (χ3v) is 2.62. The van der Waals surface area contributed by atoms with Crippen molar-refractivity contribution in [2.24, 2.45) is 0 Å². The Morgan fingerprint density at radius 2 is 2.19 bits per heavy atom. The molecule has 0 aliphatic heterocycles. The number of carboxylic acid groups (broad SMARTS) is 1. The molecule has 0 bridgehead atoms. The second-order valence-corrected chi connectivity index (χ2v) is 3.90. The molecule has 1 heterocycles. The Labute approximate surface area is 98.4 Å². The van der Waals surface area contributed by atoms with Gasteiger partial charge in [-0.2, -0.15) is 5.10 Å². The number of carboxylic acids is 1. The first-order valence-electron chi connectivity index (χ1n) is 4.32. The van der Waals surface area contributed by atoms with Crippen LogP contribution < -0.4 is 0 Å². The Bertz CT molecular complexity index is 554. The smallest absolute Gasteiger partial charge is 0.356 e. The van der Waals surface area contributed by atoms with Crippen LogP contribution in [0, 0.1) is 5.82 Å². The highest BCUT2D eigenvalue weighted by Gasteiger charge is 2.08. The average molecular weight is 285 g/mol. The summed E-state index contributed by atoms with van der Waals surface area (Å²) in [6.07, 6.45) is 1.46. The summed E-state index contributed by atoms with van der Waals surface area (Å²) in [5.74, 6) is -1.54. The van der Waals surface area contributed by atoms with Gasteiger partial charge in [0.25, 0.3) is 0 Å². The van der Waals surface area contributed by atoms with E-state index in [9.17, 15) is 9.18 Å². The lowest BCUT2D eigenvalue weighted by Crippen LogP contribution is -2.01. The molecule has 0 aliphatic rings. The third kappa shape index (κ3) is 1.96. The number of rotatable bonds is 2. The minimum atomic E-state index is -1.11. The molecule has 0 radical (unpaired) electrons. The second kappa shape index (κ2) is 4.05. The van der Waals surface area contributed by atoms with Gasteiger partial charge in [-0.25, -0.2) is 13.9 Å². The van der Waals surface area contributed by atoms with Crippen LogP contribution in [0.25, 0.3) is 5.69 Å². The molecular formula is C10H6BrFN2O2. The molecule has 0 spiro atoms. The van der Waals surface area contributed by atoms with Crippen molar-refractivity contribution < 1.29 is 14.3 Å². The molecule has 4 nitrogen and oxygen atoms in total. The summed E-state index contributed by atoms with van der Waals surface area (Å²) in [5, 5.41) is 12.5. The van der Waals surface area contributed by atoms with Crippen LogP contribution in [0.1, 0.15) is 10.5 Å². The van der Waals surface area contributed by atoms with Crippen molar-refractivity contribution in [3.8, 4) is 5.69 Å². The van der Waals surface area contributed by atoms with Crippen molar-refractivity contribution in [1.82, 2.24) is 9.78 Å². The fourth-order valence-corrected chi connectivity index (χ4v) is 1.46. The van der Waals surface area contributed by atoms with Crippen molar-refractivity contribution in [2.75, 3.05) is 0 Å². The number of halogens is 2. The normalized spacial score (nSPS) is 10.4. The molecule has 0 amide bonds. The number of hydrogen-bond acceptors (Lipinski definition) is 2. The zero-order chi connectivity index (χ0) is 11.7. The first-order valence-corrected chi connectivity index (χ1v) is 5.11. The predicted octanol–water partition coefficient (Wildman–Crippen LogP) is 2.47. The van der Waals surface area contributed by atoms with Crippen LogP contribution in [-0.2, 0) is 0 Å². The zero-order valence-corrected chi connectivity index (χ0v) is 9.48. The van der Waals surface area contributed by atoms with Crippen LogP contribution >= 0.6 is 15.9 Å². The van der Waals surface area contributed by atoms with Gasteiger partial charge in [0.05, 0.1) is 10.2 Å². The van der Waals surface area contributed by atoms with Gasteiger partial charge in [-0.1, -0.05) is 0 Å². The Kier molecular flexibility index (Phi) is 2.74. The van der Waals surface area contributed by atoms with Gasteiger partial charge < -0.3 is 5.11 Å². The van der Waals surface area contributed by atoms with Gasteiger partial charge in [-0.3, -0.25) is 0 Å². The molecule has 82 valence electrons. The molecule has 0 atom stereocenters. The van der Waals surface area contributed by atoms with Gasteiger partial charge in [0.2, 0.25) is 0 Å². The molecule has 0 fully saturated rings. The second-order valence-electron chi connectivity index (χ2n) is 3.05. The topological polar surface area (TPSA) is 55.1 Å². The average Bonchev–Trinajstić information content (AvgIpc) is 2.71. The summed E-state index contributed by atoms with van der Waals surface area (Å²) in [7, 11) is 0. The lowest BCUT2D eigenvalue weighted by Gasteiger charge is -2.01. The van der Waals surface area contributed by atoms with Crippen molar-refractivity contribution >= 4 is 21.9 Å². The maximum Gasteiger partial charge on any atom is 0.356 e. The number of aromatic carboxylic acids is 1. The number of hydrogen-bond donors (Lipinski definition) is 1. The largest absolute Gasteiger partial charge is 0.476 e. The van der Waals surface area contributed by atoms with E-state index < -0.39 is 11.8 Å². The Balaban J connectivity index is 2.42. The monoisotopic (exact) mass is 284 g/mol. The van der Waals surface area contributed by atoms with Crippen molar-refractivity contribution in [3.05, 3.63) is 46.4 Å². The quantitative estimate of drug-likeness (QED) is 0.922. The summed E-state index contributed by atoms with van der Waals surface area (Å²) in [5.41, 5.74) is 0.386. The van der Waals surface area contributed by atoms with Crippen LogP contribution in [0.15, 0.2) is 34.9 Å². The van der Waals surface area contributed by atoms with E-state index in [1.807, 2.05) is 0 Å². The van der Waals surface area contributed by atoms with Crippen LogP contribution in [0.5, 0.6) is 0 Å². The Morgan fingerprint density at radius 1 is 1.44 bits per heavy atom. The molecule has 2 aromatic rings. The van der Waals surface area contributed by atoms with Crippen molar-refractivity contribution in [1.29, 1.82) is 0 Å². The van der Waals surface area contributed by atoms with Crippen LogP contribution in [0.3, 0.4) is 0 Å². The van der Waals surface area contributed by atoms with Crippen LogP contribution in [0.4, 0.5) is 4.39 Å². The Morgan fingerprint density at radius 3 is 2.75 bits per heavy atom. The zero-order valence-electron chi connectivity index (χ0n) is 7.89. The lowest BCUT2D eigenvalue weighted by atomic mass is 10.3. The summed E-state index contributed by atoms with van der Waals surface area (Å²) >= 11 is 3.03. The Hall–Kier alpha value is -1.69. The van der Waals surface area contributed by atoms with E-state index in [0.717, 1.165) is 0 Å². The van der Waals surface area contributed by atoms with E-state index in [1.165, 1.54) is 29.1 Å². The van der Waals surface area contributed by atoms with E-state index in [4.69, 9.17) is 5.11 Å². The summed E-state index contributed by atoms with van der Waals surface area (Å²) in [6, 6.07) is 5.78. The predicted molar refractivity (Wildman–Crippen MR) is 58.2 cm³/mol. The van der Waals surface area contributed by atoms with E-state index in [2.05, 4.69) is 21.0 Å². The SMILES string of the molecule is O=C(O)c1ccn(-c2ccc(Br)c(F)c2)n1. The molecule has 0 unspecified atom stereocenters. The number of aromatic nitrogens is 2. The fraction of sp³-hybridized carbons (Fsp3) is 0. The summed E-state index contributed by atoms with van der Waals surface area (Å²) in [4.78, 5) is 10.6. The number of nitrogens with zero attached hydrogens (tertiary/aromatic N) is 2. The molecule has 0 saturated carbocycles. The molecule has 1 N–H and O–H groups in total. The highest BCUT2D eigenvalue weighted by atomic mass is 79.9. The molecule has 6 heteroatoms. The van der Waals surface area contributed by atoms with E-state index in [0.29, 0.717) is 10.2 Å². The highest BCUT2D eigenvalue weighted by molar-refractivity contribution is 9.10. The summed E-state index contributed by atoms with van der Waals surface area (Å²) < 4.78 is 14.9. The maximum atomic E-state index is 13.2. The molecule has 16 heavy (non-hydrogen) atoms. The van der Waals surface area contributed by atoms with Crippen LogP contribution in [-0.4, -0.2) is 20.9 Å². The molecule has 1 aromatic carbocycles. The van der Waals surface area contributed by atoms with E-state index in [1.54, 1.807) is 6.07 Å². The van der Waals surface area contributed by atoms with Gasteiger partial charge >= 0.3 is 5.97 Å². The molecule has 2 rings (SSSR count). The van der Waals surface area contributed by atoms with E-state index >= 15 is 0 Å². The van der Waals surface area contributed by atoms with Gasteiger partial charge in [-0.15, -0.1) is 0 Å². The molecular weight excluding hydrogens is 279 g/mol. The highest BCUT2D eigenvalue weighted by Crippen LogP contribution is 2.18. The molecule has 1 aromatic heterocycles. The van der Waals surface area contributed by atoms with Crippen molar-refractivity contribution in [2.45, 2.75) is 0 Å². The van der Waals surface area contributed by atoms with Gasteiger partial charge in [0.15, 0.2) is 5.69 Å². The fourth-order valence-electron chi connectivity index (χ4n) is 1.21. The maximum absolute atomic E-state index is 13.2. The summed E-state index contributed by atoms with van der Waals surface area (Å²) in [6.45, 7) is 0. The number of benzene rings is 1. The van der Waals surface area contributed by atoms with Gasteiger partial charge in [0, 0.05) is 12.3 Å². The van der Waals surface area contributed by atoms with E-state index in [-0.39, 0.29) is 5.69 Å². The molecule has 0 saturated heterocycles. The minimum absolute atomic E-state index is 0.0803. The lowest BCUT2D eigenvalue weighted by molar-refractivity contribution is 0.0690. The minimum Gasteiger partial charge on any atom is -0.476 e. The first-order chi connectivity index (χ1) is 7.58. The van der Waals surface area contributed by atoms with Crippen LogP contribution in [0.2, 0.25) is 0 Å². The molecule has 0 aliphatic carbocycles. The standard InChI is InChI=1S/C10H6BrFN2O2/c11-7-2-1-6(5-8(7)12)14-4-3-9(13-14)10(15)16/h1-5H,(H,15,16). The third-order valence-electron chi connectivity index (χ3n) is 1.98. The van der Waals surface area contributed by atoms with Gasteiger partial charge in [0.1, 0.15) is 5.82 Å². The number of carbonyl (C=O) groups is 1.